The van der Waals surface area contributed by atoms with Gasteiger partial charge in [-0.1, -0.05) is 48.5 Å². The second-order valence-electron chi connectivity index (χ2n) is 8.61. The average Bonchev–Trinajstić information content (AvgIpc) is 3.49. The van der Waals surface area contributed by atoms with E-state index in [4.69, 9.17) is 4.74 Å². The number of aromatic nitrogens is 1. The predicted octanol–water partition coefficient (Wildman–Crippen LogP) is 4.88. The molecule has 2 N–H and O–H groups in total. The van der Waals surface area contributed by atoms with Gasteiger partial charge in [-0.05, 0) is 54.3 Å². The summed E-state index contributed by atoms with van der Waals surface area (Å²) in [5.41, 5.74) is 5.80. The van der Waals surface area contributed by atoms with E-state index in [2.05, 4.69) is 52.9 Å². The standard InChI is InChI=1S/C28H29N3O2/c1-19(28(32)31-16-15-21-7-3-6-10-27(21)31)29-17-24(20-11-13-22(33-2)14-12-20)25-18-30-26-9-5-4-8-23(25)26/h3-14,18-19,24,29-30H,15-17H2,1-2H3/t19-,24-/m0/s1. The van der Waals surface area contributed by atoms with Gasteiger partial charge in [0.2, 0.25) is 5.91 Å². The van der Waals surface area contributed by atoms with Crippen LogP contribution in [0.4, 0.5) is 5.69 Å². The van der Waals surface area contributed by atoms with Gasteiger partial charge in [-0.3, -0.25) is 4.79 Å². The number of hydrogen-bond acceptors (Lipinski definition) is 3. The Hall–Kier alpha value is -3.57. The zero-order valence-electron chi connectivity index (χ0n) is 19.0. The summed E-state index contributed by atoms with van der Waals surface area (Å²) in [6.45, 7) is 3.36. The van der Waals surface area contributed by atoms with Crippen molar-refractivity contribution in [2.75, 3.05) is 25.1 Å². The number of rotatable bonds is 7. The molecule has 0 fully saturated rings. The first kappa shape index (κ1) is 21.3. The topological polar surface area (TPSA) is 57.4 Å². The van der Waals surface area contributed by atoms with Crippen LogP contribution < -0.4 is 15.0 Å². The SMILES string of the molecule is COc1ccc([C@H](CN[C@@H](C)C(=O)N2CCc3ccccc32)c2c[nH]c3ccccc23)cc1. The minimum atomic E-state index is -0.290. The first-order chi connectivity index (χ1) is 16.2. The van der Waals surface area contributed by atoms with Crippen LogP contribution in [0, 0.1) is 0 Å². The van der Waals surface area contributed by atoms with Crippen molar-refractivity contribution in [1.82, 2.24) is 10.3 Å². The molecule has 0 aliphatic carbocycles. The molecule has 4 aromatic rings. The van der Waals surface area contributed by atoms with Crippen molar-refractivity contribution in [2.24, 2.45) is 0 Å². The minimum Gasteiger partial charge on any atom is -0.497 e. The molecule has 2 atom stereocenters. The maximum absolute atomic E-state index is 13.3. The molecule has 0 unspecified atom stereocenters. The average molecular weight is 440 g/mol. The second-order valence-corrected chi connectivity index (χ2v) is 8.61. The number of benzene rings is 3. The number of nitrogens with one attached hydrogen (secondary N) is 2. The van der Waals surface area contributed by atoms with Crippen molar-refractivity contribution in [2.45, 2.75) is 25.3 Å². The number of fused-ring (bicyclic) bond motifs is 2. The van der Waals surface area contributed by atoms with E-state index in [1.165, 1.54) is 22.1 Å². The molecule has 1 amide bonds. The summed E-state index contributed by atoms with van der Waals surface area (Å²) in [6, 6.07) is 24.4. The number of carbonyl (C=O) groups excluding carboxylic acids is 1. The normalized spacial score (nSPS) is 14.8. The fraction of sp³-hybridized carbons (Fsp3) is 0.250. The molecule has 0 spiro atoms. The van der Waals surface area contributed by atoms with E-state index < -0.39 is 0 Å². The molecule has 33 heavy (non-hydrogen) atoms. The molecule has 1 aromatic heterocycles. The molecule has 1 aliphatic heterocycles. The van der Waals surface area contributed by atoms with E-state index in [1.54, 1.807) is 7.11 Å². The van der Waals surface area contributed by atoms with E-state index in [0.717, 1.165) is 29.9 Å². The monoisotopic (exact) mass is 439 g/mol. The van der Waals surface area contributed by atoms with Crippen LogP contribution in [-0.4, -0.2) is 37.1 Å². The summed E-state index contributed by atoms with van der Waals surface area (Å²) >= 11 is 0. The lowest BCUT2D eigenvalue weighted by atomic mass is 9.90. The highest BCUT2D eigenvalue weighted by Crippen LogP contribution is 2.32. The van der Waals surface area contributed by atoms with Crippen molar-refractivity contribution in [1.29, 1.82) is 0 Å². The smallest absolute Gasteiger partial charge is 0.243 e. The summed E-state index contributed by atoms with van der Waals surface area (Å²) < 4.78 is 5.35. The summed E-state index contributed by atoms with van der Waals surface area (Å²) in [6.07, 6.45) is 3.00. The minimum absolute atomic E-state index is 0.0909. The van der Waals surface area contributed by atoms with E-state index in [0.29, 0.717) is 6.54 Å². The van der Waals surface area contributed by atoms with Gasteiger partial charge in [-0.15, -0.1) is 0 Å². The lowest BCUT2D eigenvalue weighted by Crippen LogP contribution is -2.45. The molecule has 0 radical (unpaired) electrons. The molecule has 1 aliphatic rings. The Morgan fingerprint density at radius 2 is 1.82 bits per heavy atom. The summed E-state index contributed by atoms with van der Waals surface area (Å²) in [5.74, 6) is 1.04. The van der Waals surface area contributed by atoms with Gasteiger partial charge in [0.15, 0.2) is 0 Å². The predicted molar refractivity (Wildman–Crippen MR) is 133 cm³/mol. The Balaban J connectivity index is 1.39. The number of H-pyrrole nitrogens is 1. The van der Waals surface area contributed by atoms with Crippen LogP contribution in [0.15, 0.2) is 79.0 Å². The van der Waals surface area contributed by atoms with Crippen LogP contribution in [-0.2, 0) is 11.2 Å². The number of hydrogen-bond donors (Lipinski definition) is 2. The molecule has 168 valence electrons. The summed E-state index contributed by atoms with van der Waals surface area (Å²) in [5, 5.41) is 4.74. The third kappa shape index (κ3) is 4.12. The van der Waals surface area contributed by atoms with E-state index >= 15 is 0 Å². The van der Waals surface area contributed by atoms with Crippen LogP contribution in [0.25, 0.3) is 10.9 Å². The van der Waals surface area contributed by atoms with Crippen LogP contribution in [0.2, 0.25) is 0 Å². The van der Waals surface area contributed by atoms with Gasteiger partial charge >= 0.3 is 0 Å². The van der Waals surface area contributed by atoms with Crippen LogP contribution in [0.1, 0.15) is 29.5 Å². The number of ether oxygens (including phenoxy) is 1. The molecule has 5 heteroatoms. The molecule has 5 rings (SSSR count). The largest absolute Gasteiger partial charge is 0.497 e. The Morgan fingerprint density at radius 3 is 2.64 bits per heavy atom. The maximum atomic E-state index is 13.3. The van der Waals surface area contributed by atoms with E-state index in [1.807, 2.05) is 48.2 Å². The van der Waals surface area contributed by atoms with Crippen molar-refractivity contribution in [3.63, 3.8) is 0 Å². The second kappa shape index (κ2) is 9.12. The molecular weight excluding hydrogens is 410 g/mol. The Morgan fingerprint density at radius 1 is 1.06 bits per heavy atom. The third-order valence-electron chi connectivity index (χ3n) is 6.67. The van der Waals surface area contributed by atoms with Crippen molar-refractivity contribution >= 4 is 22.5 Å². The molecule has 0 bridgehead atoms. The van der Waals surface area contributed by atoms with Gasteiger partial charge in [-0.2, -0.15) is 0 Å². The highest BCUT2D eigenvalue weighted by Gasteiger charge is 2.28. The Bertz CT molecular complexity index is 1260. The number of amides is 1. The Labute approximate surface area is 194 Å². The fourth-order valence-electron chi connectivity index (χ4n) is 4.81. The third-order valence-corrected chi connectivity index (χ3v) is 6.67. The van der Waals surface area contributed by atoms with Crippen molar-refractivity contribution in [3.8, 4) is 5.75 Å². The number of methoxy groups -OCH3 is 1. The first-order valence-electron chi connectivity index (χ1n) is 11.5. The molecule has 5 nitrogen and oxygen atoms in total. The summed E-state index contributed by atoms with van der Waals surface area (Å²) in [4.78, 5) is 18.6. The number of para-hydroxylation sites is 2. The van der Waals surface area contributed by atoms with Crippen molar-refractivity contribution < 1.29 is 9.53 Å². The van der Waals surface area contributed by atoms with Crippen molar-refractivity contribution in [3.05, 3.63) is 95.7 Å². The molecule has 0 saturated heterocycles. The van der Waals surface area contributed by atoms with Gasteiger partial charge in [-0.25, -0.2) is 0 Å². The quantitative estimate of drug-likeness (QED) is 0.432. The van der Waals surface area contributed by atoms with Crippen LogP contribution >= 0.6 is 0 Å². The zero-order chi connectivity index (χ0) is 22.8. The summed E-state index contributed by atoms with van der Waals surface area (Å²) in [7, 11) is 1.68. The lowest BCUT2D eigenvalue weighted by molar-refractivity contribution is -0.120. The molecule has 0 saturated carbocycles. The lowest BCUT2D eigenvalue weighted by Gasteiger charge is -2.25. The fourth-order valence-corrected chi connectivity index (χ4v) is 4.81. The number of aromatic amines is 1. The van der Waals surface area contributed by atoms with E-state index in [-0.39, 0.29) is 17.9 Å². The molecular formula is C28H29N3O2. The molecule has 2 heterocycles. The maximum Gasteiger partial charge on any atom is 0.243 e. The number of nitrogens with zero attached hydrogens (tertiary/aromatic N) is 1. The van der Waals surface area contributed by atoms with Crippen LogP contribution in [0.3, 0.4) is 0 Å². The van der Waals surface area contributed by atoms with Gasteiger partial charge in [0.25, 0.3) is 0 Å². The van der Waals surface area contributed by atoms with Gasteiger partial charge in [0.1, 0.15) is 5.75 Å². The molecule has 3 aromatic carbocycles. The zero-order valence-corrected chi connectivity index (χ0v) is 19.0. The van der Waals surface area contributed by atoms with Gasteiger partial charge in [0.05, 0.1) is 13.2 Å². The van der Waals surface area contributed by atoms with Gasteiger partial charge in [0, 0.05) is 41.8 Å². The van der Waals surface area contributed by atoms with Crippen LogP contribution in [0.5, 0.6) is 5.75 Å². The van der Waals surface area contributed by atoms with E-state index in [9.17, 15) is 4.79 Å². The number of anilines is 1. The number of carbonyl (C=O) groups is 1. The highest BCUT2D eigenvalue weighted by molar-refractivity contribution is 5.98. The first-order valence-corrected chi connectivity index (χ1v) is 11.5. The highest BCUT2D eigenvalue weighted by atomic mass is 16.5. The van der Waals surface area contributed by atoms with Gasteiger partial charge < -0.3 is 19.9 Å². The Kier molecular flexibility index (Phi) is 5.88.